The number of nitrogens with zero attached hydrogens (tertiary/aromatic N) is 3. The van der Waals surface area contributed by atoms with Crippen molar-refractivity contribution in [2.75, 3.05) is 26.8 Å². The van der Waals surface area contributed by atoms with E-state index in [1.54, 1.807) is 28.7 Å². The van der Waals surface area contributed by atoms with E-state index in [1.807, 2.05) is 39.0 Å². The van der Waals surface area contributed by atoms with E-state index in [-0.39, 0.29) is 29.5 Å². The highest BCUT2D eigenvalue weighted by molar-refractivity contribution is 7.90. The number of carbonyl (C=O) groups is 1. The molecule has 0 spiro atoms. The summed E-state index contributed by atoms with van der Waals surface area (Å²) in [5, 5.41) is 2.80. The number of sulfone groups is 1. The molecule has 0 aliphatic heterocycles. The number of amides is 2. The molecule has 0 saturated heterocycles. The topological polar surface area (TPSA) is 93.5 Å². The SMILES string of the molecule is CCNC(=O)N(CCOC)Cc1cnc(S(=O)(=O)Cc2ccccc2)n1C(C)C. The van der Waals surface area contributed by atoms with Crippen molar-refractivity contribution in [1.29, 1.82) is 0 Å². The van der Waals surface area contributed by atoms with E-state index in [0.717, 1.165) is 0 Å². The van der Waals surface area contributed by atoms with Gasteiger partial charge in [-0.15, -0.1) is 0 Å². The number of ether oxygens (including phenoxy) is 1. The normalized spacial score (nSPS) is 11.6. The highest BCUT2D eigenvalue weighted by atomic mass is 32.2. The number of hydrogen-bond donors (Lipinski definition) is 1. The van der Waals surface area contributed by atoms with Gasteiger partial charge in [-0.1, -0.05) is 30.3 Å². The predicted octanol–water partition coefficient (Wildman–Crippen LogP) is 2.62. The van der Waals surface area contributed by atoms with Crippen molar-refractivity contribution in [3.8, 4) is 0 Å². The molecule has 0 aliphatic carbocycles. The molecule has 1 heterocycles. The summed E-state index contributed by atoms with van der Waals surface area (Å²) in [4.78, 5) is 18.2. The number of urea groups is 1. The van der Waals surface area contributed by atoms with Gasteiger partial charge < -0.3 is 19.5 Å². The summed E-state index contributed by atoms with van der Waals surface area (Å²) in [5.74, 6) is -0.124. The van der Waals surface area contributed by atoms with Crippen LogP contribution in [0.3, 0.4) is 0 Å². The van der Waals surface area contributed by atoms with E-state index < -0.39 is 9.84 Å². The van der Waals surface area contributed by atoms with Crippen molar-refractivity contribution in [2.45, 2.75) is 44.3 Å². The Kier molecular flexibility index (Phi) is 8.21. The zero-order valence-corrected chi connectivity index (χ0v) is 18.3. The quantitative estimate of drug-likeness (QED) is 0.635. The van der Waals surface area contributed by atoms with Crippen LogP contribution in [0, 0.1) is 0 Å². The molecule has 2 amide bonds. The van der Waals surface area contributed by atoms with E-state index in [2.05, 4.69) is 10.3 Å². The second kappa shape index (κ2) is 10.4. The highest BCUT2D eigenvalue weighted by Crippen LogP contribution is 2.22. The van der Waals surface area contributed by atoms with E-state index in [0.29, 0.717) is 31.0 Å². The van der Waals surface area contributed by atoms with Gasteiger partial charge in [0.05, 0.1) is 30.8 Å². The van der Waals surface area contributed by atoms with Crippen LogP contribution < -0.4 is 5.32 Å². The molecule has 8 nitrogen and oxygen atoms in total. The van der Waals surface area contributed by atoms with Crippen LogP contribution in [0.15, 0.2) is 41.7 Å². The van der Waals surface area contributed by atoms with Gasteiger partial charge in [0.15, 0.2) is 0 Å². The van der Waals surface area contributed by atoms with Crippen LogP contribution in [-0.2, 0) is 26.9 Å². The summed E-state index contributed by atoms with van der Waals surface area (Å²) >= 11 is 0. The number of imidazole rings is 1. The molecule has 0 fully saturated rings. The van der Waals surface area contributed by atoms with Crippen molar-refractivity contribution in [3.05, 3.63) is 47.8 Å². The Labute approximate surface area is 172 Å². The average Bonchev–Trinajstić information content (AvgIpc) is 3.10. The van der Waals surface area contributed by atoms with Crippen molar-refractivity contribution in [1.82, 2.24) is 19.8 Å². The molecule has 0 aliphatic rings. The fourth-order valence-corrected chi connectivity index (χ4v) is 4.65. The molecule has 2 aromatic rings. The van der Waals surface area contributed by atoms with Gasteiger partial charge >= 0.3 is 6.03 Å². The lowest BCUT2D eigenvalue weighted by molar-refractivity contribution is 0.145. The maximum absolute atomic E-state index is 13.0. The van der Waals surface area contributed by atoms with E-state index in [4.69, 9.17) is 4.74 Å². The first kappa shape index (κ1) is 22.9. The molecular formula is C20H30N4O4S. The Hall–Kier alpha value is -2.39. The number of methoxy groups -OCH3 is 1. The number of benzene rings is 1. The van der Waals surface area contributed by atoms with Crippen molar-refractivity contribution in [3.63, 3.8) is 0 Å². The van der Waals surface area contributed by atoms with Crippen LogP contribution in [-0.4, -0.2) is 55.7 Å². The van der Waals surface area contributed by atoms with Crippen molar-refractivity contribution < 1.29 is 17.9 Å². The molecule has 1 aromatic heterocycles. The predicted molar refractivity (Wildman–Crippen MR) is 111 cm³/mol. The fraction of sp³-hybridized carbons (Fsp3) is 0.500. The van der Waals surface area contributed by atoms with Crippen molar-refractivity contribution >= 4 is 15.9 Å². The first-order chi connectivity index (χ1) is 13.8. The Morgan fingerprint density at radius 2 is 1.97 bits per heavy atom. The molecule has 2 rings (SSSR count). The van der Waals surface area contributed by atoms with Gasteiger partial charge in [0.2, 0.25) is 15.0 Å². The van der Waals surface area contributed by atoms with Crippen LogP contribution in [0.25, 0.3) is 0 Å². The monoisotopic (exact) mass is 422 g/mol. The molecule has 29 heavy (non-hydrogen) atoms. The van der Waals surface area contributed by atoms with E-state index >= 15 is 0 Å². The van der Waals surface area contributed by atoms with Gasteiger partial charge in [-0.05, 0) is 26.3 Å². The van der Waals surface area contributed by atoms with Crippen LogP contribution in [0.4, 0.5) is 4.79 Å². The molecular weight excluding hydrogens is 392 g/mol. The Morgan fingerprint density at radius 1 is 1.28 bits per heavy atom. The highest BCUT2D eigenvalue weighted by Gasteiger charge is 2.26. The number of aromatic nitrogens is 2. The smallest absolute Gasteiger partial charge is 0.317 e. The maximum Gasteiger partial charge on any atom is 0.317 e. The summed E-state index contributed by atoms with van der Waals surface area (Å²) in [5.41, 5.74) is 1.37. The van der Waals surface area contributed by atoms with Gasteiger partial charge in [0, 0.05) is 26.2 Å². The second-order valence-electron chi connectivity index (χ2n) is 6.99. The molecule has 0 atom stereocenters. The molecule has 0 bridgehead atoms. The number of carbonyl (C=O) groups excluding carboxylic acids is 1. The summed E-state index contributed by atoms with van der Waals surface area (Å²) in [6.07, 6.45) is 1.54. The lowest BCUT2D eigenvalue weighted by Gasteiger charge is -2.24. The summed E-state index contributed by atoms with van der Waals surface area (Å²) in [7, 11) is -2.07. The lowest BCUT2D eigenvalue weighted by Crippen LogP contribution is -2.41. The zero-order chi connectivity index (χ0) is 21.4. The fourth-order valence-electron chi connectivity index (χ4n) is 3.05. The van der Waals surface area contributed by atoms with Crippen LogP contribution in [0.5, 0.6) is 0 Å². The summed E-state index contributed by atoms with van der Waals surface area (Å²) in [6, 6.07) is 8.67. The Bertz CT molecular complexity index is 894. The Morgan fingerprint density at radius 3 is 2.55 bits per heavy atom. The first-order valence-electron chi connectivity index (χ1n) is 9.64. The van der Waals surface area contributed by atoms with Gasteiger partial charge in [0.1, 0.15) is 0 Å². The minimum absolute atomic E-state index is 0.0222. The average molecular weight is 423 g/mol. The zero-order valence-electron chi connectivity index (χ0n) is 17.5. The molecule has 1 N–H and O–H groups in total. The third-order valence-electron chi connectivity index (χ3n) is 4.37. The Balaban J connectivity index is 2.34. The van der Waals surface area contributed by atoms with Gasteiger partial charge in [-0.2, -0.15) is 0 Å². The largest absolute Gasteiger partial charge is 0.383 e. The third kappa shape index (κ3) is 6.04. The lowest BCUT2D eigenvalue weighted by atomic mass is 10.2. The molecule has 9 heteroatoms. The summed E-state index contributed by atoms with van der Waals surface area (Å²) < 4.78 is 32.9. The standard InChI is InChI=1S/C20H30N4O4S/c1-5-21-19(25)23(11-12-28-4)14-18-13-22-20(24(18)16(2)3)29(26,27)15-17-9-7-6-8-10-17/h6-10,13,16H,5,11-12,14-15H2,1-4H3,(H,21,25). The molecule has 0 radical (unpaired) electrons. The van der Waals surface area contributed by atoms with Gasteiger partial charge in [-0.25, -0.2) is 18.2 Å². The third-order valence-corrected chi connectivity index (χ3v) is 5.94. The van der Waals surface area contributed by atoms with Crippen LogP contribution in [0.2, 0.25) is 0 Å². The minimum Gasteiger partial charge on any atom is -0.383 e. The minimum atomic E-state index is -3.64. The molecule has 0 saturated carbocycles. The molecule has 0 unspecified atom stereocenters. The molecule has 1 aromatic carbocycles. The van der Waals surface area contributed by atoms with Gasteiger partial charge in [0.25, 0.3) is 0 Å². The first-order valence-corrected chi connectivity index (χ1v) is 11.3. The molecule has 160 valence electrons. The summed E-state index contributed by atoms with van der Waals surface area (Å²) in [6.45, 7) is 7.16. The van der Waals surface area contributed by atoms with E-state index in [1.165, 1.54) is 6.20 Å². The second-order valence-corrected chi connectivity index (χ2v) is 8.87. The maximum atomic E-state index is 13.0. The van der Waals surface area contributed by atoms with Crippen LogP contribution >= 0.6 is 0 Å². The van der Waals surface area contributed by atoms with E-state index in [9.17, 15) is 13.2 Å². The van der Waals surface area contributed by atoms with Gasteiger partial charge in [-0.3, -0.25) is 0 Å². The number of nitrogens with one attached hydrogen (secondary N) is 1. The number of hydrogen-bond acceptors (Lipinski definition) is 5. The van der Waals surface area contributed by atoms with Crippen molar-refractivity contribution in [2.24, 2.45) is 0 Å². The van der Waals surface area contributed by atoms with Crippen LogP contribution in [0.1, 0.15) is 38.1 Å². The number of rotatable bonds is 10.